The summed E-state index contributed by atoms with van der Waals surface area (Å²) in [5.74, 6) is -3.28. The van der Waals surface area contributed by atoms with Crippen LogP contribution < -0.4 is 11.1 Å². The number of amides is 2. The fourth-order valence-electron chi connectivity index (χ4n) is 6.56. The minimum atomic E-state index is -1.48. The van der Waals surface area contributed by atoms with Crippen molar-refractivity contribution in [2.75, 3.05) is 19.6 Å². The number of carbonyl (C=O) groups is 2. The van der Waals surface area contributed by atoms with E-state index in [9.17, 15) is 23.5 Å². The van der Waals surface area contributed by atoms with Crippen LogP contribution in [-0.2, 0) is 22.6 Å². The molecule has 2 aromatic carbocycles. The van der Waals surface area contributed by atoms with E-state index in [1.54, 1.807) is 35.3 Å². The molecule has 1 aliphatic carbocycles. The molecule has 0 bridgehead atoms. The van der Waals surface area contributed by atoms with E-state index in [-0.39, 0.29) is 30.9 Å². The Labute approximate surface area is 275 Å². The van der Waals surface area contributed by atoms with Crippen molar-refractivity contribution in [1.82, 2.24) is 10.2 Å². The van der Waals surface area contributed by atoms with Crippen molar-refractivity contribution in [3.05, 3.63) is 106 Å². The van der Waals surface area contributed by atoms with Crippen molar-refractivity contribution in [1.29, 1.82) is 0 Å². The van der Waals surface area contributed by atoms with Crippen molar-refractivity contribution in [2.45, 2.75) is 66.0 Å². The minimum Gasteiger partial charge on any atom is -0.391 e. The standard InChI is InChI=1S/C37H45F2N3O3S/c1-5-11-42(12-6-2)35(44)29-14-24(3)20-37(21-29,36(40)45)32(18-27-16-30(38)19-31(39)17-27)33(43)23-41-22-26-8-7-9-28(15-26)34-25(4)10-13-46-34/h7-10,13-17,19-20,32-33,41,43H,5-6,11-12,18,21-23H2,1-4H3,(H2,40,45)/t32-,33+,37?/m1/s1. The van der Waals surface area contributed by atoms with Gasteiger partial charge >= 0.3 is 0 Å². The molecule has 246 valence electrons. The van der Waals surface area contributed by atoms with E-state index in [0.29, 0.717) is 30.8 Å². The molecular weight excluding hydrogens is 604 g/mol. The Kier molecular flexibility index (Phi) is 12.1. The molecule has 1 aromatic heterocycles. The zero-order chi connectivity index (χ0) is 33.4. The first kappa shape index (κ1) is 35.2. The van der Waals surface area contributed by atoms with Crippen molar-refractivity contribution >= 4 is 23.2 Å². The average Bonchev–Trinajstić information content (AvgIpc) is 3.44. The number of aliphatic hydroxyl groups is 1. The summed E-state index contributed by atoms with van der Waals surface area (Å²) in [4.78, 5) is 30.2. The van der Waals surface area contributed by atoms with Crippen LogP contribution in [0.5, 0.6) is 0 Å². The van der Waals surface area contributed by atoms with Crippen LogP contribution in [0.3, 0.4) is 0 Å². The van der Waals surface area contributed by atoms with Gasteiger partial charge in [0, 0.05) is 48.6 Å². The Morgan fingerprint density at radius 2 is 1.74 bits per heavy atom. The highest BCUT2D eigenvalue weighted by molar-refractivity contribution is 7.13. The second-order valence-corrected chi connectivity index (χ2v) is 13.3. The van der Waals surface area contributed by atoms with E-state index in [1.165, 1.54) is 22.6 Å². The number of halogens is 2. The zero-order valence-corrected chi connectivity index (χ0v) is 27.9. The van der Waals surface area contributed by atoms with Crippen LogP contribution in [0.25, 0.3) is 10.4 Å². The molecular formula is C37H45F2N3O3S. The molecule has 3 atom stereocenters. The number of nitrogens with two attached hydrogens (primary N) is 1. The third kappa shape index (κ3) is 8.37. The zero-order valence-electron chi connectivity index (χ0n) is 27.1. The number of aliphatic hydroxyl groups excluding tert-OH is 1. The Hall–Kier alpha value is -3.66. The summed E-state index contributed by atoms with van der Waals surface area (Å²) in [6, 6.07) is 13.4. The van der Waals surface area contributed by atoms with Gasteiger partial charge in [-0.05, 0) is 91.4 Å². The summed E-state index contributed by atoms with van der Waals surface area (Å²) in [6.07, 6.45) is 3.84. The monoisotopic (exact) mass is 649 g/mol. The lowest BCUT2D eigenvalue weighted by Gasteiger charge is -2.42. The van der Waals surface area contributed by atoms with Crippen LogP contribution in [0.4, 0.5) is 8.78 Å². The molecule has 4 rings (SSSR count). The molecule has 9 heteroatoms. The van der Waals surface area contributed by atoms with Crippen LogP contribution in [0.15, 0.2) is 77.2 Å². The highest BCUT2D eigenvalue weighted by atomic mass is 32.1. The van der Waals surface area contributed by atoms with Crippen molar-refractivity contribution < 1.29 is 23.5 Å². The summed E-state index contributed by atoms with van der Waals surface area (Å²) < 4.78 is 28.6. The molecule has 4 N–H and O–H groups in total. The highest BCUT2D eigenvalue weighted by Crippen LogP contribution is 2.44. The van der Waals surface area contributed by atoms with Crippen LogP contribution >= 0.6 is 11.3 Å². The van der Waals surface area contributed by atoms with E-state index in [4.69, 9.17) is 5.73 Å². The first-order valence-electron chi connectivity index (χ1n) is 15.9. The maximum atomic E-state index is 14.3. The SMILES string of the molecule is CCCN(CCC)C(=O)C1=CC(C)=CC(C(N)=O)([C@H](Cc2cc(F)cc(F)c2)[C@@H](O)CNCc2cccc(-c3sccc3C)c2)C1. The van der Waals surface area contributed by atoms with Gasteiger partial charge in [-0.1, -0.05) is 49.8 Å². The normalized spacial score (nSPS) is 17.6. The minimum absolute atomic E-state index is 0.0236. The molecule has 2 amide bonds. The van der Waals surface area contributed by atoms with Crippen molar-refractivity contribution in [3.8, 4) is 10.4 Å². The van der Waals surface area contributed by atoms with Gasteiger partial charge < -0.3 is 21.1 Å². The maximum absolute atomic E-state index is 14.3. The largest absolute Gasteiger partial charge is 0.391 e. The molecule has 0 saturated heterocycles. The molecule has 1 aliphatic rings. The molecule has 0 saturated carbocycles. The van der Waals surface area contributed by atoms with Gasteiger partial charge in [-0.25, -0.2) is 8.78 Å². The van der Waals surface area contributed by atoms with E-state index in [0.717, 1.165) is 30.0 Å². The molecule has 0 spiro atoms. The van der Waals surface area contributed by atoms with Crippen LogP contribution in [0.1, 0.15) is 56.7 Å². The van der Waals surface area contributed by atoms with Crippen LogP contribution in [-0.4, -0.2) is 47.6 Å². The Bertz CT molecular complexity index is 1570. The number of carbonyl (C=O) groups excluding carboxylic acids is 2. The highest BCUT2D eigenvalue weighted by Gasteiger charge is 2.48. The number of primary amides is 1. The topological polar surface area (TPSA) is 95.7 Å². The summed E-state index contributed by atoms with van der Waals surface area (Å²) in [5, 5.41) is 17.2. The fraction of sp³-hybridized carbons (Fsp3) is 0.405. The number of allylic oxidation sites excluding steroid dienone is 2. The number of thiophene rings is 1. The molecule has 0 fully saturated rings. The summed E-state index contributed by atoms with van der Waals surface area (Å²) in [5.41, 5.74) is 9.38. The van der Waals surface area contributed by atoms with Gasteiger partial charge in [0.25, 0.3) is 0 Å². The average molecular weight is 650 g/mol. The lowest BCUT2D eigenvalue weighted by atomic mass is 9.63. The van der Waals surface area contributed by atoms with Gasteiger partial charge in [-0.3, -0.25) is 9.59 Å². The smallest absolute Gasteiger partial charge is 0.249 e. The van der Waals surface area contributed by atoms with E-state index < -0.39 is 35.0 Å². The Morgan fingerprint density at radius 3 is 2.35 bits per heavy atom. The second-order valence-electron chi connectivity index (χ2n) is 12.4. The molecule has 1 unspecified atom stereocenters. The van der Waals surface area contributed by atoms with Gasteiger partial charge in [-0.2, -0.15) is 0 Å². The first-order valence-corrected chi connectivity index (χ1v) is 16.8. The summed E-state index contributed by atoms with van der Waals surface area (Å²) >= 11 is 1.68. The molecule has 1 heterocycles. The second kappa shape index (κ2) is 15.8. The number of rotatable bonds is 15. The third-order valence-corrected chi connectivity index (χ3v) is 9.68. The first-order chi connectivity index (χ1) is 22.0. The van der Waals surface area contributed by atoms with Gasteiger partial charge in [0.1, 0.15) is 11.6 Å². The van der Waals surface area contributed by atoms with Gasteiger partial charge in [0.05, 0.1) is 11.5 Å². The quantitative estimate of drug-likeness (QED) is 0.171. The van der Waals surface area contributed by atoms with Crippen molar-refractivity contribution in [2.24, 2.45) is 17.1 Å². The number of hydrogen-bond donors (Lipinski definition) is 3. The number of nitrogens with zero attached hydrogens (tertiary/aromatic N) is 1. The maximum Gasteiger partial charge on any atom is 0.249 e. The third-order valence-electron chi connectivity index (χ3n) is 8.62. The fourth-order valence-corrected chi connectivity index (χ4v) is 7.48. The number of aryl methyl sites for hydroxylation is 1. The molecule has 0 radical (unpaired) electrons. The van der Waals surface area contributed by atoms with Gasteiger partial charge in [0.2, 0.25) is 11.8 Å². The summed E-state index contributed by atoms with van der Waals surface area (Å²) in [7, 11) is 0. The summed E-state index contributed by atoms with van der Waals surface area (Å²) in [6.45, 7) is 9.54. The van der Waals surface area contributed by atoms with E-state index in [2.05, 4.69) is 35.8 Å². The van der Waals surface area contributed by atoms with Gasteiger partial charge in [-0.15, -0.1) is 11.3 Å². The Balaban J connectivity index is 1.64. The van der Waals surface area contributed by atoms with E-state index in [1.807, 2.05) is 26.0 Å². The lowest BCUT2D eigenvalue weighted by molar-refractivity contribution is -0.132. The Morgan fingerprint density at radius 1 is 1.04 bits per heavy atom. The van der Waals surface area contributed by atoms with Crippen molar-refractivity contribution in [3.63, 3.8) is 0 Å². The van der Waals surface area contributed by atoms with E-state index >= 15 is 0 Å². The predicted molar refractivity (Wildman–Crippen MR) is 181 cm³/mol. The molecule has 6 nitrogen and oxygen atoms in total. The number of benzene rings is 2. The van der Waals surface area contributed by atoms with Crippen LogP contribution in [0, 0.1) is 29.9 Å². The molecule has 0 aliphatic heterocycles. The molecule has 3 aromatic rings. The van der Waals surface area contributed by atoms with Crippen LogP contribution in [0.2, 0.25) is 0 Å². The predicted octanol–water partition coefficient (Wildman–Crippen LogP) is 6.71. The number of nitrogens with one attached hydrogen (secondary N) is 1. The van der Waals surface area contributed by atoms with Gasteiger partial charge in [0.15, 0.2) is 0 Å². The number of hydrogen-bond acceptors (Lipinski definition) is 5. The lowest BCUT2D eigenvalue weighted by Crippen LogP contribution is -2.51. The molecule has 46 heavy (non-hydrogen) atoms.